The SMILES string of the molecule is CC1CCN(CCNC(=O)Nc2cccc(C3SCCS3)c2)CC1. The van der Waals surface area contributed by atoms with Crippen molar-refractivity contribution in [3.05, 3.63) is 29.8 Å². The van der Waals surface area contributed by atoms with E-state index >= 15 is 0 Å². The molecule has 4 nitrogen and oxygen atoms in total. The van der Waals surface area contributed by atoms with Gasteiger partial charge in [-0.05, 0) is 49.5 Å². The molecule has 2 N–H and O–H groups in total. The highest BCUT2D eigenvalue weighted by Gasteiger charge is 2.18. The molecule has 0 aromatic heterocycles. The maximum atomic E-state index is 12.1. The van der Waals surface area contributed by atoms with E-state index in [2.05, 4.69) is 34.6 Å². The van der Waals surface area contributed by atoms with E-state index in [0.29, 0.717) is 11.1 Å². The number of hydrogen-bond acceptors (Lipinski definition) is 4. The highest BCUT2D eigenvalue weighted by Crippen LogP contribution is 2.45. The minimum atomic E-state index is -0.107. The summed E-state index contributed by atoms with van der Waals surface area (Å²) in [5.74, 6) is 3.27. The van der Waals surface area contributed by atoms with E-state index in [1.165, 1.54) is 29.9 Å². The van der Waals surface area contributed by atoms with Gasteiger partial charge < -0.3 is 15.5 Å². The molecule has 24 heavy (non-hydrogen) atoms. The van der Waals surface area contributed by atoms with Gasteiger partial charge in [0.1, 0.15) is 0 Å². The number of likely N-dealkylation sites (tertiary alicyclic amines) is 1. The molecule has 0 atom stereocenters. The fourth-order valence-corrected chi connectivity index (χ4v) is 5.94. The predicted molar refractivity (Wildman–Crippen MR) is 106 cm³/mol. The second-order valence-electron chi connectivity index (χ2n) is 6.60. The number of hydrogen-bond donors (Lipinski definition) is 2. The lowest BCUT2D eigenvalue weighted by molar-refractivity contribution is 0.192. The number of benzene rings is 1. The Balaban J connectivity index is 1.41. The van der Waals surface area contributed by atoms with Crippen molar-refractivity contribution in [3.63, 3.8) is 0 Å². The number of amides is 2. The summed E-state index contributed by atoms with van der Waals surface area (Å²) in [7, 11) is 0. The Morgan fingerprint density at radius 3 is 2.75 bits per heavy atom. The fourth-order valence-electron chi connectivity index (χ4n) is 3.10. The lowest BCUT2D eigenvalue weighted by atomic mass is 9.99. The van der Waals surface area contributed by atoms with E-state index < -0.39 is 0 Å². The predicted octanol–water partition coefficient (Wildman–Crippen LogP) is 4.02. The quantitative estimate of drug-likeness (QED) is 0.827. The third-order valence-electron chi connectivity index (χ3n) is 4.63. The molecule has 0 aliphatic carbocycles. The molecule has 0 bridgehead atoms. The van der Waals surface area contributed by atoms with Crippen molar-refractivity contribution in [2.45, 2.75) is 24.3 Å². The number of anilines is 1. The number of nitrogens with zero attached hydrogens (tertiary/aromatic N) is 1. The van der Waals surface area contributed by atoms with E-state index in [9.17, 15) is 4.79 Å². The first-order valence-corrected chi connectivity index (χ1v) is 10.9. The van der Waals surface area contributed by atoms with Crippen molar-refractivity contribution in [1.29, 1.82) is 0 Å². The van der Waals surface area contributed by atoms with Crippen LogP contribution in [0.15, 0.2) is 24.3 Å². The summed E-state index contributed by atoms with van der Waals surface area (Å²) in [6.45, 7) is 6.27. The first kappa shape index (κ1) is 18.0. The highest BCUT2D eigenvalue weighted by molar-refractivity contribution is 8.19. The first-order valence-electron chi connectivity index (χ1n) is 8.81. The van der Waals surface area contributed by atoms with Crippen LogP contribution in [0.4, 0.5) is 10.5 Å². The number of thioether (sulfide) groups is 2. The van der Waals surface area contributed by atoms with Crippen LogP contribution in [0.2, 0.25) is 0 Å². The average molecular weight is 366 g/mol. The summed E-state index contributed by atoms with van der Waals surface area (Å²) in [6.07, 6.45) is 2.55. The Kier molecular flexibility index (Phi) is 6.75. The van der Waals surface area contributed by atoms with Crippen LogP contribution in [-0.4, -0.2) is 48.6 Å². The van der Waals surface area contributed by atoms with Gasteiger partial charge in [-0.3, -0.25) is 0 Å². The summed E-state index contributed by atoms with van der Waals surface area (Å²) < 4.78 is 0.510. The molecule has 1 aromatic carbocycles. The van der Waals surface area contributed by atoms with E-state index in [4.69, 9.17) is 0 Å². The van der Waals surface area contributed by atoms with Gasteiger partial charge in [-0.15, -0.1) is 23.5 Å². The molecule has 0 saturated carbocycles. The summed E-state index contributed by atoms with van der Waals surface area (Å²) in [5, 5.41) is 5.94. The number of rotatable bonds is 5. The Morgan fingerprint density at radius 2 is 2.00 bits per heavy atom. The van der Waals surface area contributed by atoms with Gasteiger partial charge in [-0.2, -0.15) is 0 Å². The lowest BCUT2D eigenvalue weighted by Gasteiger charge is -2.30. The van der Waals surface area contributed by atoms with Crippen LogP contribution < -0.4 is 10.6 Å². The molecule has 2 aliphatic rings. The van der Waals surface area contributed by atoms with Gasteiger partial charge in [-0.1, -0.05) is 19.1 Å². The van der Waals surface area contributed by atoms with Crippen molar-refractivity contribution < 1.29 is 4.79 Å². The van der Waals surface area contributed by atoms with Gasteiger partial charge in [0.05, 0.1) is 4.58 Å². The van der Waals surface area contributed by atoms with Gasteiger partial charge in [0.25, 0.3) is 0 Å². The highest BCUT2D eigenvalue weighted by atomic mass is 32.2. The summed E-state index contributed by atoms with van der Waals surface area (Å²) in [6, 6.07) is 8.13. The van der Waals surface area contributed by atoms with Crippen LogP contribution in [0.5, 0.6) is 0 Å². The zero-order valence-corrected chi connectivity index (χ0v) is 15.9. The zero-order valence-electron chi connectivity index (χ0n) is 14.3. The van der Waals surface area contributed by atoms with Crippen molar-refractivity contribution >= 4 is 35.2 Å². The number of nitrogens with one attached hydrogen (secondary N) is 2. The summed E-state index contributed by atoms with van der Waals surface area (Å²) >= 11 is 3.96. The molecule has 1 aromatic rings. The molecular formula is C18H27N3OS2. The topological polar surface area (TPSA) is 44.4 Å². The largest absolute Gasteiger partial charge is 0.337 e. The third-order valence-corrected chi connectivity index (χ3v) is 7.73. The van der Waals surface area contributed by atoms with Crippen molar-refractivity contribution in [2.75, 3.05) is 43.0 Å². The molecule has 2 amide bonds. The smallest absolute Gasteiger partial charge is 0.319 e. The Hall–Kier alpha value is -0.850. The molecule has 0 spiro atoms. The molecule has 6 heteroatoms. The number of urea groups is 1. The molecule has 0 radical (unpaired) electrons. The second kappa shape index (κ2) is 9.02. The van der Waals surface area contributed by atoms with Crippen LogP contribution in [0, 0.1) is 5.92 Å². The molecule has 2 fully saturated rings. The standard InChI is InChI=1S/C18H27N3OS2/c1-14-5-8-21(9-6-14)10-7-19-18(22)20-16-4-2-3-15(13-16)17-23-11-12-24-17/h2-4,13-14,17H,5-12H2,1H3,(H2,19,20,22). The van der Waals surface area contributed by atoms with E-state index in [-0.39, 0.29) is 6.03 Å². The molecule has 132 valence electrons. The van der Waals surface area contributed by atoms with Gasteiger partial charge >= 0.3 is 6.03 Å². The normalized spacial score (nSPS) is 20.2. The van der Waals surface area contributed by atoms with E-state index in [1.807, 2.05) is 35.7 Å². The van der Waals surface area contributed by atoms with Gasteiger partial charge in [0.15, 0.2) is 0 Å². The van der Waals surface area contributed by atoms with E-state index in [0.717, 1.165) is 31.2 Å². The molecule has 3 rings (SSSR count). The Morgan fingerprint density at radius 1 is 1.25 bits per heavy atom. The summed E-state index contributed by atoms with van der Waals surface area (Å²) in [5.41, 5.74) is 2.17. The van der Waals surface area contributed by atoms with Crippen LogP contribution in [0.3, 0.4) is 0 Å². The molecule has 2 saturated heterocycles. The van der Waals surface area contributed by atoms with Gasteiger partial charge in [0, 0.05) is 30.3 Å². The van der Waals surface area contributed by atoms with E-state index in [1.54, 1.807) is 0 Å². The minimum absolute atomic E-state index is 0.107. The lowest BCUT2D eigenvalue weighted by Crippen LogP contribution is -2.40. The van der Waals surface area contributed by atoms with Crippen molar-refractivity contribution in [3.8, 4) is 0 Å². The Bertz CT molecular complexity index is 541. The van der Waals surface area contributed by atoms with Gasteiger partial charge in [-0.25, -0.2) is 4.79 Å². The maximum Gasteiger partial charge on any atom is 0.319 e. The average Bonchev–Trinajstić information content (AvgIpc) is 3.11. The maximum absolute atomic E-state index is 12.1. The van der Waals surface area contributed by atoms with Crippen LogP contribution in [-0.2, 0) is 0 Å². The summed E-state index contributed by atoms with van der Waals surface area (Å²) in [4.78, 5) is 14.5. The Labute approximate surface area is 153 Å². The zero-order chi connectivity index (χ0) is 16.8. The molecule has 2 heterocycles. The first-order chi connectivity index (χ1) is 11.7. The molecule has 2 aliphatic heterocycles. The van der Waals surface area contributed by atoms with Crippen molar-refractivity contribution in [2.24, 2.45) is 5.92 Å². The second-order valence-corrected chi connectivity index (χ2v) is 9.33. The van der Waals surface area contributed by atoms with Crippen LogP contribution in [0.1, 0.15) is 29.9 Å². The van der Waals surface area contributed by atoms with Gasteiger partial charge in [0.2, 0.25) is 0 Å². The minimum Gasteiger partial charge on any atom is -0.337 e. The molecule has 0 unspecified atom stereocenters. The van der Waals surface area contributed by atoms with Crippen molar-refractivity contribution in [1.82, 2.24) is 10.2 Å². The monoisotopic (exact) mass is 365 g/mol. The number of piperidine rings is 1. The number of carbonyl (C=O) groups excluding carboxylic acids is 1. The fraction of sp³-hybridized carbons (Fsp3) is 0.611. The molecular weight excluding hydrogens is 338 g/mol. The third kappa shape index (κ3) is 5.33. The number of carbonyl (C=O) groups is 1. The van der Waals surface area contributed by atoms with Crippen LogP contribution in [0.25, 0.3) is 0 Å². The van der Waals surface area contributed by atoms with Crippen LogP contribution >= 0.6 is 23.5 Å².